The summed E-state index contributed by atoms with van der Waals surface area (Å²) in [5.74, 6) is 4.35. The smallest absolute Gasteiger partial charge is 0.00949 e. The van der Waals surface area contributed by atoms with Gasteiger partial charge in [0.05, 0.1) is 0 Å². The topological polar surface area (TPSA) is 3.24 Å². The van der Waals surface area contributed by atoms with Gasteiger partial charge in [-0.2, -0.15) is 0 Å². The summed E-state index contributed by atoms with van der Waals surface area (Å²) in [7, 11) is 0. The van der Waals surface area contributed by atoms with Crippen LogP contribution >= 0.6 is 0 Å². The predicted molar refractivity (Wildman–Crippen MR) is 86.4 cm³/mol. The molecule has 1 nitrogen and oxygen atoms in total. The van der Waals surface area contributed by atoms with Crippen LogP contribution < -0.4 is 0 Å². The second-order valence-electron chi connectivity index (χ2n) is 7.82. The average molecular weight is 268 g/mol. The first-order valence-corrected chi connectivity index (χ1v) is 8.57. The second-order valence-corrected chi connectivity index (χ2v) is 7.82. The highest BCUT2D eigenvalue weighted by Gasteiger charge is 2.29. The standard InChI is InChI=1S/C18H37N/c1-13(2)12-15(5)18-8-10-19(11-9-18)17(7)16(6)14(3)4/h13-18H,8-12H2,1-7H3. The van der Waals surface area contributed by atoms with Crippen molar-refractivity contribution in [1.82, 2.24) is 4.90 Å². The van der Waals surface area contributed by atoms with E-state index in [1.165, 1.54) is 32.4 Å². The van der Waals surface area contributed by atoms with Gasteiger partial charge in [0, 0.05) is 6.04 Å². The zero-order chi connectivity index (χ0) is 14.6. The maximum atomic E-state index is 2.74. The molecule has 0 amide bonds. The van der Waals surface area contributed by atoms with Gasteiger partial charge in [0.25, 0.3) is 0 Å². The van der Waals surface area contributed by atoms with Crippen molar-refractivity contribution >= 4 is 0 Å². The fourth-order valence-electron chi connectivity index (χ4n) is 3.72. The van der Waals surface area contributed by atoms with Crippen molar-refractivity contribution in [3.8, 4) is 0 Å². The van der Waals surface area contributed by atoms with Crippen LogP contribution in [0, 0.1) is 29.6 Å². The molecule has 0 aromatic heterocycles. The predicted octanol–water partition coefficient (Wildman–Crippen LogP) is 5.06. The summed E-state index contributed by atoms with van der Waals surface area (Å²) >= 11 is 0. The highest BCUT2D eigenvalue weighted by molar-refractivity contribution is 4.82. The number of rotatable bonds is 6. The molecule has 0 aromatic rings. The van der Waals surface area contributed by atoms with Crippen LogP contribution in [0.25, 0.3) is 0 Å². The summed E-state index contributed by atoms with van der Waals surface area (Å²) in [5.41, 5.74) is 0. The average Bonchev–Trinajstić information content (AvgIpc) is 2.36. The molecule has 1 aliphatic rings. The van der Waals surface area contributed by atoms with Crippen LogP contribution in [0.4, 0.5) is 0 Å². The lowest BCUT2D eigenvalue weighted by atomic mass is 9.80. The third-order valence-electron chi connectivity index (χ3n) is 5.61. The third kappa shape index (κ3) is 5.10. The van der Waals surface area contributed by atoms with Gasteiger partial charge >= 0.3 is 0 Å². The minimum absolute atomic E-state index is 0.751. The van der Waals surface area contributed by atoms with Crippen molar-refractivity contribution in [2.24, 2.45) is 29.6 Å². The quantitative estimate of drug-likeness (QED) is 0.650. The Morgan fingerprint density at radius 2 is 1.42 bits per heavy atom. The SMILES string of the molecule is CC(C)CC(C)C1CCN(C(C)C(C)C(C)C)CC1. The van der Waals surface area contributed by atoms with E-state index in [-0.39, 0.29) is 0 Å². The molecule has 0 spiro atoms. The maximum Gasteiger partial charge on any atom is 0.00949 e. The minimum Gasteiger partial charge on any atom is -0.300 e. The molecule has 0 bridgehead atoms. The first-order valence-electron chi connectivity index (χ1n) is 8.57. The lowest BCUT2D eigenvalue weighted by Crippen LogP contribution is -2.45. The lowest BCUT2D eigenvalue weighted by molar-refractivity contribution is 0.0769. The normalized spacial score (nSPS) is 23.8. The Kier molecular flexibility index (Phi) is 6.86. The van der Waals surface area contributed by atoms with Gasteiger partial charge in [0.1, 0.15) is 0 Å². The van der Waals surface area contributed by atoms with Gasteiger partial charge in [0.15, 0.2) is 0 Å². The lowest BCUT2D eigenvalue weighted by Gasteiger charge is -2.41. The molecular formula is C18H37N. The summed E-state index contributed by atoms with van der Waals surface area (Å²) in [4.78, 5) is 2.74. The van der Waals surface area contributed by atoms with Crippen LogP contribution in [0.1, 0.15) is 67.7 Å². The van der Waals surface area contributed by atoms with E-state index in [2.05, 4.69) is 53.4 Å². The third-order valence-corrected chi connectivity index (χ3v) is 5.61. The van der Waals surface area contributed by atoms with E-state index >= 15 is 0 Å². The molecule has 114 valence electrons. The van der Waals surface area contributed by atoms with Crippen molar-refractivity contribution < 1.29 is 0 Å². The maximum absolute atomic E-state index is 2.74. The van der Waals surface area contributed by atoms with Crippen LogP contribution in [0.15, 0.2) is 0 Å². The van der Waals surface area contributed by atoms with Crippen LogP contribution in [0.5, 0.6) is 0 Å². The molecule has 0 saturated carbocycles. The summed E-state index contributed by atoms with van der Waals surface area (Å²) in [5, 5.41) is 0. The Hall–Kier alpha value is -0.0400. The van der Waals surface area contributed by atoms with Gasteiger partial charge in [-0.05, 0) is 68.9 Å². The molecule has 1 heterocycles. The Labute approximate surface area is 122 Å². The molecule has 3 atom stereocenters. The molecule has 1 aliphatic heterocycles. The van der Waals surface area contributed by atoms with Crippen molar-refractivity contribution in [2.75, 3.05) is 13.1 Å². The van der Waals surface area contributed by atoms with E-state index in [1.807, 2.05) is 0 Å². The van der Waals surface area contributed by atoms with E-state index < -0.39 is 0 Å². The van der Waals surface area contributed by atoms with E-state index in [0.29, 0.717) is 0 Å². The Balaban J connectivity index is 2.40. The molecule has 1 heteroatoms. The molecular weight excluding hydrogens is 230 g/mol. The molecule has 19 heavy (non-hydrogen) atoms. The molecule has 1 rings (SSSR count). The number of hydrogen-bond acceptors (Lipinski definition) is 1. The highest BCUT2D eigenvalue weighted by Crippen LogP contribution is 2.31. The van der Waals surface area contributed by atoms with Gasteiger partial charge < -0.3 is 4.90 Å². The van der Waals surface area contributed by atoms with Crippen LogP contribution in [0.2, 0.25) is 0 Å². The fraction of sp³-hybridized carbons (Fsp3) is 1.00. The summed E-state index contributed by atoms with van der Waals surface area (Å²) in [6, 6.07) is 0.751. The first-order chi connectivity index (χ1) is 8.82. The molecule has 1 saturated heterocycles. The highest BCUT2D eigenvalue weighted by atomic mass is 15.2. The summed E-state index contributed by atoms with van der Waals surface area (Å²) in [6.45, 7) is 19.4. The number of likely N-dealkylation sites (tertiary alicyclic amines) is 1. The molecule has 3 unspecified atom stereocenters. The largest absolute Gasteiger partial charge is 0.300 e. The van der Waals surface area contributed by atoms with Crippen LogP contribution in [-0.4, -0.2) is 24.0 Å². The van der Waals surface area contributed by atoms with Gasteiger partial charge in [-0.1, -0.05) is 41.5 Å². The minimum atomic E-state index is 0.751. The Morgan fingerprint density at radius 1 is 0.895 bits per heavy atom. The summed E-state index contributed by atoms with van der Waals surface area (Å²) in [6.07, 6.45) is 4.24. The molecule has 0 N–H and O–H groups in total. The van der Waals surface area contributed by atoms with Crippen molar-refractivity contribution in [3.05, 3.63) is 0 Å². The monoisotopic (exact) mass is 267 g/mol. The first kappa shape index (κ1) is 17.0. The Bertz CT molecular complexity index is 238. The van der Waals surface area contributed by atoms with E-state index in [9.17, 15) is 0 Å². The molecule has 0 aliphatic carbocycles. The van der Waals surface area contributed by atoms with Crippen LogP contribution in [0.3, 0.4) is 0 Å². The second kappa shape index (κ2) is 7.67. The zero-order valence-electron chi connectivity index (χ0n) is 14.4. The Morgan fingerprint density at radius 3 is 1.84 bits per heavy atom. The molecule has 0 radical (unpaired) electrons. The molecule has 1 fully saturated rings. The zero-order valence-corrected chi connectivity index (χ0v) is 14.4. The number of hydrogen-bond donors (Lipinski definition) is 0. The molecule has 0 aromatic carbocycles. The van der Waals surface area contributed by atoms with Gasteiger partial charge in [-0.15, -0.1) is 0 Å². The van der Waals surface area contributed by atoms with Crippen molar-refractivity contribution in [3.63, 3.8) is 0 Å². The van der Waals surface area contributed by atoms with Crippen molar-refractivity contribution in [1.29, 1.82) is 0 Å². The number of nitrogens with zero attached hydrogens (tertiary/aromatic N) is 1. The summed E-state index contributed by atoms with van der Waals surface area (Å²) < 4.78 is 0. The fourth-order valence-corrected chi connectivity index (χ4v) is 3.72. The van der Waals surface area contributed by atoms with Gasteiger partial charge in [-0.25, -0.2) is 0 Å². The van der Waals surface area contributed by atoms with E-state index in [1.54, 1.807) is 0 Å². The van der Waals surface area contributed by atoms with E-state index in [0.717, 1.165) is 35.6 Å². The number of piperidine rings is 1. The van der Waals surface area contributed by atoms with Gasteiger partial charge in [0.2, 0.25) is 0 Å². The van der Waals surface area contributed by atoms with E-state index in [4.69, 9.17) is 0 Å². The van der Waals surface area contributed by atoms with Crippen LogP contribution in [-0.2, 0) is 0 Å². The van der Waals surface area contributed by atoms with Crippen molar-refractivity contribution in [2.45, 2.75) is 73.8 Å². The van der Waals surface area contributed by atoms with Gasteiger partial charge in [-0.3, -0.25) is 0 Å².